The van der Waals surface area contributed by atoms with Gasteiger partial charge in [0.1, 0.15) is 12.7 Å². The van der Waals surface area contributed by atoms with Gasteiger partial charge in [-0.15, -0.1) is 0 Å². The summed E-state index contributed by atoms with van der Waals surface area (Å²) in [5.41, 5.74) is -3.27. The number of carbonyl (C=O) groups is 4. The highest BCUT2D eigenvalue weighted by Crippen LogP contribution is 2.33. The normalized spacial score (nSPS) is 26.0. The lowest BCUT2D eigenvalue weighted by Gasteiger charge is -2.44. The number of esters is 4. The van der Waals surface area contributed by atoms with Crippen LogP contribution >= 0.6 is 0 Å². The molecule has 5 atom stereocenters. The first-order valence-electron chi connectivity index (χ1n) is 10.2. The molecule has 1 rings (SSSR count). The Kier molecular flexibility index (Phi) is 10.3. The third-order valence-corrected chi connectivity index (χ3v) is 4.66. The van der Waals surface area contributed by atoms with E-state index < -0.39 is 60.8 Å². The van der Waals surface area contributed by atoms with Crippen LogP contribution in [0.2, 0.25) is 0 Å². The molecule has 178 valence electrons. The molecule has 0 saturated carbocycles. The van der Waals surface area contributed by atoms with Crippen LogP contribution in [0.3, 0.4) is 0 Å². The lowest BCUT2D eigenvalue weighted by molar-refractivity contribution is -0.295. The summed E-state index contributed by atoms with van der Waals surface area (Å²) in [5, 5.41) is 0. The van der Waals surface area contributed by atoms with Crippen molar-refractivity contribution in [2.75, 3.05) is 19.8 Å². The fourth-order valence-corrected chi connectivity index (χ4v) is 3.21. The van der Waals surface area contributed by atoms with Crippen molar-refractivity contribution in [1.82, 2.24) is 0 Å². The molecule has 11 heteroatoms. The van der Waals surface area contributed by atoms with Crippen LogP contribution < -0.4 is 0 Å². The summed E-state index contributed by atoms with van der Waals surface area (Å²) in [4.78, 5) is 47.5. The van der Waals surface area contributed by atoms with E-state index >= 15 is 4.39 Å². The maximum atomic E-state index is 15.3. The Morgan fingerprint density at radius 3 is 1.81 bits per heavy atom. The molecule has 0 aromatic rings. The van der Waals surface area contributed by atoms with Gasteiger partial charge in [-0.1, -0.05) is 13.8 Å². The summed E-state index contributed by atoms with van der Waals surface area (Å²) in [6, 6.07) is 0. The first kappa shape index (κ1) is 26.8. The molecular weight excluding hydrogens is 419 g/mol. The van der Waals surface area contributed by atoms with Gasteiger partial charge >= 0.3 is 29.5 Å². The molecule has 0 N–H and O–H groups in total. The number of rotatable bonds is 10. The van der Waals surface area contributed by atoms with Gasteiger partial charge in [0.05, 0.1) is 19.3 Å². The van der Waals surface area contributed by atoms with Crippen LogP contribution in [0.25, 0.3) is 0 Å². The summed E-state index contributed by atoms with van der Waals surface area (Å²) < 4.78 is 46.4. The van der Waals surface area contributed by atoms with Gasteiger partial charge in [-0.3, -0.25) is 9.59 Å². The van der Waals surface area contributed by atoms with E-state index in [4.69, 9.17) is 18.9 Å². The number of hydrogen-bond donors (Lipinski definition) is 0. The molecule has 0 bridgehead atoms. The minimum atomic E-state index is -3.27. The number of halogens is 1. The molecule has 0 aliphatic carbocycles. The minimum absolute atomic E-state index is 0.177. The van der Waals surface area contributed by atoms with Crippen molar-refractivity contribution < 1.29 is 52.0 Å². The Morgan fingerprint density at radius 2 is 1.39 bits per heavy atom. The van der Waals surface area contributed by atoms with Crippen molar-refractivity contribution >= 4 is 23.9 Å². The van der Waals surface area contributed by atoms with Gasteiger partial charge in [0, 0.05) is 19.8 Å². The molecular formula is C20H31FO10. The predicted octanol–water partition coefficient (Wildman–Crippen LogP) is 1.47. The zero-order chi connectivity index (χ0) is 23.8. The fraction of sp³-hybridized carbons (Fsp3) is 0.800. The molecule has 0 radical (unpaired) electrons. The van der Waals surface area contributed by atoms with Crippen LogP contribution in [0.5, 0.6) is 0 Å². The van der Waals surface area contributed by atoms with Crippen molar-refractivity contribution in [1.29, 1.82) is 0 Å². The maximum absolute atomic E-state index is 15.3. The standard InChI is InChI=1S/C20H31FO10/c1-7-14-11(4)15(29-12(5)22)16(30-13(6)23)17(31-14)28-10-20(21,18(24)26-8-2)19(25)27-9-3/h11,14-17H,7-10H2,1-6H3/t11-,14-,15+,16-,17?/m1/s1. The van der Waals surface area contributed by atoms with Crippen LogP contribution in [-0.2, 0) is 47.6 Å². The Bertz CT molecular complexity index is 634. The quantitative estimate of drug-likeness (QED) is 0.274. The molecule has 0 spiro atoms. The van der Waals surface area contributed by atoms with E-state index in [-0.39, 0.29) is 19.1 Å². The molecule has 10 nitrogen and oxygen atoms in total. The number of carbonyl (C=O) groups excluding carboxylic acids is 4. The molecule has 1 aliphatic rings. The van der Waals surface area contributed by atoms with Crippen LogP contribution in [0.1, 0.15) is 48.0 Å². The zero-order valence-electron chi connectivity index (χ0n) is 18.7. The minimum Gasteiger partial charge on any atom is -0.463 e. The largest absolute Gasteiger partial charge is 0.463 e. The van der Waals surface area contributed by atoms with Crippen molar-refractivity contribution in [3.05, 3.63) is 0 Å². The lowest BCUT2D eigenvalue weighted by Crippen LogP contribution is -2.58. The highest BCUT2D eigenvalue weighted by Gasteiger charge is 2.54. The van der Waals surface area contributed by atoms with Gasteiger partial charge in [-0.25, -0.2) is 14.0 Å². The van der Waals surface area contributed by atoms with E-state index in [0.717, 1.165) is 6.92 Å². The van der Waals surface area contributed by atoms with Gasteiger partial charge in [-0.05, 0) is 20.3 Å². The average Bonchev–Trinajstić information content (AvgIpc) is 2.69. The second-order valence-electron chi connectivity index (χ2n) is 7.01. The Hall–Kier alpha value is -2.27. The van der Waals surface area contributed by atoms with E-state index in [1.165, 1.54) is 20.8 Å². The molecule has 0 aromatic heterocycles. The maximum Gasteiger partial charge on any atom is 0.358 e. The molecule has 1 heterocycles. The third-order valence-electron chi connectivity index (χ3n) is 4.66. The Morgan fingerprint density at radius 1 is 0.903 bits per heavy atom. The molecule has 1 saturated heterocycles. The molecule has 31 heavy (non-hydrogen) atoms. The zero-order valence-corrected chi connectivity index (χ0v) is 18.7. The van der Waals surface area contributed by atoms with Crippen LogP contribution in [0.15, 0.2) is 0 Å². The van der Waals surface area contributed by atoms with Crippen molar-refractivity contribution in [3.8, 4) is 0 Å². The Balaban J connectivity index is 3.20. The predicted molar refractivity (Wildman–Crippen MR) is 102 cm³/mol. The number of ether oxygens (including phenoxy) is 6. The van der Waals surface area contributed by atoms with Crippen molar-refractivity contribution in [2.45, 2.75) is 78.2 Å². The summed E-state index contributed by atoms with van der Waals surface area (Å²) in [6.45, 7) is 7.30. The van der Waals surface area contributed by atoms with Gasteiger partial charge in [-0.2, -0.15) is 0 Å². The SMILES string of the molecule is CCOC(=O)C(F)(COC1O[C@H](CC)[C@@H](C)[C@H](OC(C)=O)[C@H]1OC(C)=O)C(=O)OCC. The summed E-state index contributed by atoms with van der Waals surface area (Å²) in [5.74, 6) is -4.69. The summed E-state index contributed by atoms with van der Waals surface area (Å²) >= 11 is 0. The topological polar surface area (TPSA) is 124 Å². The van der Waals surface area contributed by atoms with Gasteiger partial charge in [0.15, 0.2) is 12.4 Å². The highest BCUT2D eigenvalue weighted by atomic mass is 19.1. The second kappa shape index (κ2) is 11.9. The lowest BCUT2D eigenvalue weighted by atomic mass is 9.89. The fourth-order valence-electron chi connectivity index (χ4n) is 3.21. The van der Waals surface area contributed by atoms with E-state index in [1.54, 1.807) is 6.92 Å². The van der Waals surface area contributed by atoms with Crippen molar-refractivity contribution in [2.24, 2.45) is 5.92 Å². The summed E-state index contributed by atoms with van der Waals surface area (Å²) in [7, 11) is 0. The van der Waals surface area contributed by atoms with Gasteiger partial charge in [0.25, 0.3) is 0 Å². The first-order valence-corrected chi connectivity index (χ1v) is 10.2. The van der Waals surface area contributed by atoms with E-state index in [1.807, 2.05) is 6.92 Å². The highest BCUT2D eigenvalue weighted by molar-refractivity contribution is 6.03. The molecule has 0 aromatic carbocycles. The number of alkyl halides is 1. The molecule has 1 unspecified atom stereocenters. The molecule has 0 amide bonds. The first-order chi connectivity index (χ1) is 14.5. The van der Waals surface area contributed by atoms with E-state index in [0.29, 0.717) is 6.42 Å². The van der Waals surface area contributed by atoms with E-state index in [9.17, 15) is 19.2 Å². The summed E-state index contributed by atoms with van der Waals surface area (Å²) in [6.07, 6.45) is -3.66. The third kappa shape index (κ3) is 6.86. The molecule has 1 aliphatic heterocycles. The van der Waals surface area contributed by atoms with Gasteiger partial charge in [0.2, 0.25) is 0 Å². The monoisotopic (exact) mass is 450 g/mol. The van der Waals surface area contributed by atoms with Gasteiger partial charge < -0.3 is 28.4 Å². The van der Waals surface area contributed by atoms with Crippen LogP contribution in [0.4, 0.5) is 4.39 Å². The smallest absolute Gasteiger partial charge is 0.358 e. The van der Waals surface area contributed by atoms with Crippen molar-refractivity contribution in [3.63, 3.8) is 0 Å². The second-order valence-corrected chi connectivity index (χ2v) is 7.01. The van der Waals surface area contributed by atoms with Crippen LogP contribution in [0, 0.1) is 5.92 Å². The van der Waals surface area contributed by atoms with E-state index in [2.05, 4.69) is 9.47 Å². The average molecular weight is 450 g/mol. The number of hydrogen-bond acceptors (Lipinski definition) is 10. The Labute approximate surface area is 180 Å². The van der Waals surface area contributed by atoms with Crippen LogP contribution in [-0.4, -0.2) is 74.0 Å². The molecule has 1 fully saturated rings.